The number of hydrogen-bond acceptors (Lipinski definition) is 9. The van der Waals surface area contributed by atoms with Crippen LogP contribution in [0.25, 0.3) is 10.9 Å². The average molecular weight is 735 g/mol. The zero-order chi connectivity index (χ0) is 38.2. The lowest BCUT2D eigenvalue weighted by Crippen LogP contribution is -2.50. The number of carbonyl (C=O) groups is 3. The number of hydrogen-bond donors (Lipinski definition) is 7. The summed E-state index contributed by atoms with van der Waals surface area (Å²) in [5.74, 6) is -1.82. The first-order chi connectivity index (χ1) is 26.0. The molecule has 5 aromatic rings. The van der Waals surface area contributed by atoms with Crippen molar-refractivity contribution < 1.29 is 39.5 Å². The van der Waals surface area contributed by atoms with E-state index in [0.29, 0.717) is 55.4 Å². The second-order valence-corrected chi connectivity index (χ2v) is 13.3. The summed E-state index contributed by atoms with van der Waals surface area (Å²) < 4.78 is 5.67. The molecule has 3 atom stereocenters. The quantitative estimate of drug-likeness (QED) is 0.0831. The Morgan fingerprint density at radius 2 is 1.70 bits per heavy atom. The number of aliphatic hydroxyl groups is 2. The highest BCUT2D eigenvalue weighted by Gasteiger charge is 2.40. The van der Waals surface area contributed by atoms with Crippen LogP contribution in [0, 0.1) is 0 Å². The first-order valence-electron chi connectivity index (χ1n) is 17.7. The molecule has 0 spiro atoms. The maximum absolute atomic E-state index is 13.4. The van der Waals surface area contributed by atoms with Crippen LogP contribution in [-0.2, 0) is 21.6 Å². The number of phenols is 1. The summed E-state index contributed by atoms with van der Waals surface area (Å²) in [6.45, 7) is 1.38. The van der Waals surface area contributed by atoms with Crippen LogP contribution in [0.15, 0.2) is 108 Å². The van der Waals surface area contributed by atoms with E-state index in [1.54, 1.807) is 59.5 Å². The Hall–Kier alpha value is -6.02. The number of fused-ring (bicyclic) bond motifs is 1. The van der Waals surface area contributed by atoms with Crippen LogP contribution in [0.4, 0.5) is 0 Å². The first-order valence-corrected chi connectivity index (χ1v) is 17.7. The fourth-order valence-electron chi connectivity index (χ4n) is 6.73. The molecular weight excluding hydrogens is 692 g/mol. The zero-order valence-electron chi connectivity index (χ0n) is 29.4. The number of ether oxygens (including phenoxy) is 1. The summed E-state index contributed by atoms with van der Waals surface area (Å²) in [6, 6.07) is 27.1. The number of aromatic hydroxyl groups is 1. The number of piperidine rings is 1. The largest absolute Gasteiger partial charge is 0.506 e. The number of carboxylic acids is 1. The van der Waals surface area contributed by atoms with Crippen LogP contribution in [0.5, 0.6) is 11.5 Å². The zero-order valence-corrected chi connectivity index (χ0v) is 29.4. The molecule has 2 heterocycles. The molecule has 0 bridgehead atoms. The molecule has 1 saturated heterocycles. The highest BCUT2D eigenvalue weighted by molar-refractivity contribution is 5.94. The topological polar surface area (TPSA) is 202 Å². The molecule has 1 aliphatic heterocycles. The second-order valence-electron chi connectivity index (χ2n) is 13.3. The molecule has 6 rings (SSSR count). The molecule has 2 amide bonds. The summed E-state index contributed by atoms with van der Waals surface area (Å²) in [5, 5.41) is 48.7. The minimum atomic E-state index is -2.30. The van der Waals surface area contributed by atoms with Gasteiger partial charge >= 0.3 is 5.97 Å². The van der Waals surface area contributed by atoms with E-state index >= 15 is 0 Å². The number of benzene rings is 4. The van der Waals surface area contributed by atoms with Crippen molar-refractivity contribution in [2.24, 2.45) is 0 Å². The smallest absolute Gasteiger partial charge is 0.345 e. The number of nitrogens with zero attached hydrogens (tertiary/aromatic N) is 1. The first kappa shape index (κ1) is 37.7. The van der Waals surface area contributed by atoms with E-state index in [0.717, 1.165) is 5.56 Å². The van der Waals surface area contributed by atoms with Crippen LogP contribution in [0.1, 0.15) is 51.6 Å². The minimum Gasteiger partial charge on any atom is -0.506 e. The Kier molecular flexibility index (Phi) is 11.7. The van der Waals surface area contributed by atoms with E-state index in [1.165, 1.54) is 36.4 Å². The molecule has 0 aliphatic carbocycles. The Balaban J connectivity index is 0.960. The summed E-state index contributed by atoms with van der Waals surface area (Å²) in [6.07, 6.45) is 1.19. The summed E-state index contributed by atoms with van der Waals surface area (Å²) >= 11 is 0. The Bertz CT molecular complexity index is 2170. The number of carboxylic acid groups (broad SMARTS) is 1. The Labute approximate surface area is 310 Å². The monoisotopic (exact) mass is 734 g/mol. The van der Waals surface area contributed by atoms with Gasteiger partial charge in [0.15, 0.2) is 6.61 Å². The third-order valence-electron chi connectivity index (χ3n) is 9.59. The number of pyridine rings is 1. The molecular formula is C41H42N4O9. The number of phenolic OH excluding ortho intramolecular Hbond substituents is 1. The van der Waals surface area contributed by atoms with Gasteiger partial charge in [0, 0.05) is 48.3 Å². The number of aromatic nitrogens is 1. The average Bonchev–Trinajstić information content (AvgIpc) is 3.19. The molecule has 13 heteroatoms. The van der Waals surface area contributed by atoms with Crippen LogP contribution in [-0.4, -0.2) is 86.9 Å². The van der Waals surface area contributed by atoms with Crippen molar-refractivity contribution in [2.45, 2.75) is 37.0 Å². The van der Waals surface area contributed by atoms with E-state index < -0.39 is 23.6 Å². The number of rotatable bonds is 14. The van der Waals surface area contributed by atoms with Gasteiger partial charge in [0.2, 0.25) is 11.2 Å². The van der Waals surface area contributed by atoms with Gasteiger partial charge in [-0.3, -0.25) is 14.4 Å². The minimum absolute atomic E-state index is 0.0668. The number of amides is 2. The lowest BCUT2D eigenvalue weighted by atomic mass is 9.86. The Morgan fingerprint density at radius 3 is 2.46 bits per heavy atom. The lowest BCUT2D eigenvalue weighted by molar-refractivity contribution is -0.155. The van der Waals surface area contributed by atoms with E-state index in [9.17, 15) is 39.6 Å². The molecule has 0 unspecified atom stereocenters. The predicted molar refractivity (Wildman–Crippen MR) is 200 cm³/mol. The number of aromatic amines is 1. The van der Waals surface area contributed by atoms with Gasteiger partial charge in [-0.25, -0.2) is 4.79 Å². The van der Waals surface area contributed by atoms with Gasteiger partial charge in [-0.2, -0.15) is 0 Å². The summed E-state index contributed by atoms with van der Waals surface area (Å²) in [7, 11) is 0. The van der Waals surface area contributed by atoms with Crippen molar-refractivity contribution in [3.05, 3.63) is 141 Å². The van der Waals surface area contributed by atoms with Crippen LogP contribution in [0.2, 0.25) is 0 Å². The van der Waals surface area contributed by atoms with Gasteiger partial charge in [-0.05, 0) is 78.9 Å². The fraction of sp³-hybridized carbons (Fsp3) is 0.268. The van der Waals surface area contributed by atoms with E-state index in [4.69, 9.17) is 4.74 Å². The van der Waals surface area contributed by atoms with Gasteiger partial charge < -0.3 is 45.7 Å². The molecule has 1 aromatic heterocycles. The number of likely N-dealkylation sites (tertiary alicyclic amines) is 1. The molecule has 4 aromatic carbocycles. The van der Waals surface area contributed by atoms with E-state index in [2.05, 4.69) is 15.6 Å². The molecule has 280 valence electrons. The van der Waals surface area contributed by atoms with E-state index in [-0.39, 0.29) is 58.8 Å². The van der Waals surface area contributed by atoms with Crippen molar-refractivity contribution in [3.63, 3.8) is 0 Å². The highest BCUT2D eigenvalue weighted by atomic mass is 16.5. The van der Waals surface area contributed by atoms with Gasteiger partial charge in [-0.15, -0.1) is 0 Å². The molecule has 7 N–H and O–H groups in total. The Morgan fingerprint density at radius 1 is 0.944 bits per heavy atom. The molecule has 1 fully saturated rings. The standard InChI is InChI=1S/C41H42N4O9/c46-34-17-15-32(33-16-18-36(48)44-38(33)34)35(47)23-42-20-19-26-11-13-27(14-12-26)39(50)45-21-5-9-30(24-45)43-37(49)25-54-31-10-4-8-29(22-31)41(53,40(51)52)28-6-2-1-3-7-28/h1-4,6-8,10-18,22,30,35,42,46-47,53H,5,9,19-21,23-25H2,(H,43,49)(H,44,48)(H,51,52)/t30-,35+,41+/m1/s1. The molecule has 1 aliphatic rings. The van der Waals surface area contributed by atoms with Crippen LogP contribution in [0.3, 0.4) is 0 Å². The van der Waals surface area contributed by atoms with Crippen molar-refractivity contribution >= 4 is 28.7 Å². The third kappa shape index (κ3) is 8.60. The van der Waals surface area contributed by atoms with Gasteiger partial charge in [0.05, 0.1) is 11.6 Å². The summed E-state index contributed by atoms with van der Waals surface area (Å²) in [4.78, 5) is 54.4. The van der Waals surface area contributed by atoms with Crippen molar-refractivity contribution in [2.75, 3.05) is 32.8 Å². The normalized spacial score (nSPS) is 16.0. The molecule has 0 radical (unpaired) electrons. The van der Waals surface area contributed by atoms with Crippen LogP contribution >= 0.6 is 0 Å². The lowest BCUT2D eigenvalue weighted by Gasteiger charge is -2.33. The third-order valence-corrected chi connectivity index (χ3v) is 9.59. The maximum Gasteiger partial charge on any atom is 0.345 e. The van der Waals surface area contributed by atoms with Gasteiger partial charge in [0.1, 0.15) is 11.5 Å². The fourth-order valence-corrected chi connectivity index (χ4v) is 6.73. The predicted octanol–water partition coefficient (Wildman–Crippen LogP) is 3.22. The number of H-pyrrole nitrogens is 1. The number of carbonyl (C=O) groups excluding carboxylic acids is 2. The molecule has 54 heavy (non-hydrogen) atoms. The van der Waals surface area contributed by atoms with Crippen molar-refractivity contribution in [3.8, 4) is 11.5 Å². The van der Waals surface area contributed by atoms with Gasteiger partial charge in [-0.1, -0.05) is 60.7 Å². The molecule has 0 saturated carbocycles. The second kappa shape index (κ2) is 16.8. The molecule has 13 nitrogen and oxygen atoms in total. The van der Waals surface area contributed by atoms with Gasteiger partial charge in [0.25, 0.3) is 11.8 Å². The number of aliphatic carboxylic acids is 1. The highest BCUT2D eigenvalue weighted by Crippen LogP contribution is 2.32. The maximum atomic E-state index is 13.4. The van der Waals surface area contributed by atoms with Crippen molar-refractivity contribution in [1.29, 1.82) is 0 Å². The van der Waals surface area contributed by atoms with Crippen molar-refractivity contribution in [1.82, 2.24) is 20.5 Å². The van der Waals surface area contributed by atoms with Crippen LogP contribution < -0.4 is 20.9 Å². The number of nitrogens with one attached hydrogen (secondary N) is 3. The number of aliphatic hydroxyl groups excluding tert-OH is 1. The summed E-state index contributed by atoms with van der Waals surface area (Å²) in [5.41, 5.74) is 0.0235. The SMILES string of the molecule is O=C(COc1cccc([C@](O)(C(=O)O)c2ccccc2)c1)N[C@@H]1CCCN(C(=O)c2ccc(CCNC[C@H](O)c3ccc(O)c4[nH]c(=O)ccc34)cc2)C1. The van der Waals surface area contributed by atoms with E-state index in [1.807, 2.05) is 12.1 Å².